The number of halogens is 1. The zero-order chi connectivity index (χ0) is 21.3. The molecule has 2 atom stereocenters. The summed E-state index contributed by atoms with van der Waals surface area (Å²) in [6.45, 7) is 6.23. The number of aryl methyl sites for hydroxylation is 2. The molecule has 2 N–H and O–H groups in total. The van der Waals surface area contributed by atoms with Crippen molar-refractivity contribution in [3.8, 4) is 0 Å². The average Bonchev–Trinajstić information content (AvgIpc) is 3.26. The minimum absolute atomic E-state index is 0.0889. The van der Waals surface area contributed by atoms with Crippen LogP contribution in [0.2, 0.25) is 0 Å². The molecule has 2 aromatic carbocycles. The number of carbonyl (C=O) groups is 2. The fourth-order valence-corrected chi connectivity index (χ4v) is 4.95. The topological polar surface area (TPSA) is 66.6 Å². The van der Waals surface area contributed by atoms with Gasteiger partial charge in [-0.3, -0.25) is 9.59 Å². The van der Waals surface area contributed by atoms with E-state index in [4.69, 9.17) is 5.73 Å². The van der Waals surface area contributed by atoms with Crippen molar-refractivity contribution < 1.29 is 14.0 Å². The van der Waals surface area contributed by atoms with Crippen LogP contribution in [0.5, 0.6) is 0 Å². The molecule has 2 fully saturated rings. The number of fused-ring (bicyclic) bond motifs is 1. The molecular formula is C24H28FN3O2. The Morgan fingerprint density at radius 2 is 1.77 bits per heavy atom. The third kappa shape index (κ3) is 4.24. The second-order valence-corrected chi connectivity index (χ2v) is 8.59. The molecule has 1 unspecified atom stereocenters. The molecule has 2 aromatic rings. The lowest BCUT2D eigenvalue weighted by Crippen LogP contribution is -2.35. The summed E-state index contributed by atoms with van der Waals surface area (Å²) in [6.07, 6.45) is 1.87. The number of nitrogens with zero attached hydrogens (tertiary/aromatic N) is 2. The van der Waals surface area contributed by atoms with Crippen molar-refractivity contribution >= 4 is 11.8 Å². The Labute approximate surface area is 176 Å². The maximum Gasteiger partial charge on any atom is 0.254 e. The lowest BCUT2D eigenvalue weighted by molar-refractivity contribution is 0.0767. The highest BCUT2D eigenvalue weighted by molar-refractivity contribution is 6.07. The van der Waals surface area contributed by atoms with E-state index in [0.29, 0.717) is 23.0 Å². The van der Waals surface area contributed by atoms with Crippen LogP contribution < -0.4 is 5.73 Å². The minimum atomic E-state index is -0.564. The third-order valence-electron chi connectivity index (χ3n) is 6.43. The van der Waals surface area contributed by atoms with Crippen molar-refractivity contribution in [1.29, 1.82) is 0 Å². The number of amides is 2. The predicted molar refractivity (Wildman–Crippen MR) is 114 cm³/mol. The number of hydrogen-bond acceptors (Lipinski definition) is 3. The molecule has 0 aromatic heterocycles. The molecule has 5 nitrogen and oxygen atoms in total. The Morgan fingerprint density at radius 3 is 2.43 bits per heavy atom. The fraction of sp³-hybridized carbons (Fsp3) is 0.417. The molecule has 2 amide bonds. The molecule has 158 valence electrons. The van der Waals surface area contributed by atoms with Gasteiger partial charge in [0.1, 0.15) is 5.82 Å². The lowest BCUT2D eigenvalue weighted by atomic mass is 10.00. The Hall–Kier alpha value is -2.73. The van der Waals surface area contributed by atoms with E-state index in [1.54, 1.807) is 24.3 Å². The molecule has 0 saturated carbocycles. The SMILES string of the molecule is Cc1cccc(C(N)=O)c1C(=O)N1CC2CN(CCCc3cccc(F)c3)C[C@H]2C1. The van der Waals surface area contributed by atoms with Crippen molar-refractivity contribution in [3.63, 3.8) is 0 Å². The van der Waals surface area contributed by atoms with E-state index in [1.165, 1.54) is 6.07 Å². The third-order valence-corrected chi connectivity index (χ3v) is 6.43. The van der Waals surface area contributed by atoms with Crippen molar-refractivity contribution in [3.05, 3.63) is 70.5 Å². The number of benzene rings is 2. The van der Waals surface area contributed by atoms with E-state index in [0.717, 1.165) is 56.7 Å². The van der Waals surface area contributed by atoms with Crippen LogP contribution in [0.3, 0.4) is 0 Å². The summed E-state index contributed by atoms with van der Waals surface area (Å²) in [5, 5.41) is 0. The highest BCUT2D eigenvalue weighted by Crippen LogP contribution is 2.32. The van der Waals surface area contributed by atoms with Crippen molar-refractivity contribution in [2.75, 3.05) is 32.7 Å². The first-order chi connectivity index (χ1) is 14.4. The second-order valence-electron chi connectivity index (χ2n) is 8.59. The van der Waals surface area contributed by atoms with Gasteiger partial charge in [0.15, 0.2) is 0 Å². The second kappa shape index (κ2) is 8.56. The average molecular weight is 410 g/mol. The molecule has 0 bridgehead atoms. The Morgan fingerprint density at radius 1 is 1.07 bits per heavy atom. The number of primary amides is 1. The zero-order valence-electron chi connectivity index (χ0n) is 17.3. The van der Waals surface area contributed by atoms with E-state index in [2.05, 4.69) is 4.90 Å². The van der Waals surface area contributed by atoms with E-state index >= 15 is 0 Å². The first kappa shape index (κ1) is 20.5. The Balaban J connectivity index is 1.32. The predicted octanol–water partition coefficient (Wildman–Crippen LogP) is 2.87. The van der Waals surface area contributed by atoms with Crippen LogP contribution in [0.1, 0.15) is 38.3 Å². The van der Waals surface area contributed by atoms with Crippen molar-refractivity contribution in [2.45, 2.75) is 19.8 Å². The zero-order valence-corrected chi connectivity index (χ0v) is 17.3. The summed E-state index contributed by atoms with van der Waals surface area (Å²) in [7, 11) is 0. The molecule has 0 radical (unpaired) electrons. The van der Waals surface area contributed by atoms with Crippen LogP contribution >= 0.6 is 0 Å². The van der Waals surface area contributed by atoms with Gasteiger partial charge in [0.05, 0.1) is 11.1 Å². The van der Waals surface area contributed by atoms with Gasteiger partial charge in [-0.05, 0) is 67.5 Å². The summed E-state index contributed by atoms with van der Waals surface area (Å²) in [4.78, 5) is 29.3. The van der Waals surface area contributed by atoms with Gasteiger partial charge in [0.25, 0.3) is 5.91 Å². The quantitative estimate of drug-likeness (QED) is 0.798. The number of likely N-dealkylation sites (tertiary alicyclic amines) is 2. The maximum absolute atomic E-state index is 13.3. The molecule has 2 heterocycles. The normalized spacial score (nSPS) is 21.1. The van der Waals surface area contributed by atoms with Crippen molar-refractivity contribution in [1.82, 2.24) is 9.80 Å². The van der Waals surface area contributed by atoms with Crippen LogP contribution in [0.15, 0.2) is 42.5 Å². The molecular weight excluding hydrogens is 381 g/mol. The number of rotatable bonds is 6. The smallest absolute Gasteiger partial charge is 0.254 e. The van der Waals surface area contributed by atoms with Gasteiger partial charge in [0.2, 0.25) is 5.91 Å². The largest absolute Gasteiger partial charge is 0.366 e. The monoisotopic (exact) mass is 409 g/mol. The summed E-state index contributed by atoms with van der Waals surface area (Å²) in [5.74, 6) is 0.0920. The first-order valence-electron chi connectivity index (χ1n) is 10.6. The molecule has 4 rings (SSSR count). The summed E-state index contributed by atoms with van der Waals surface area (Å²) in [6, 6.07) is 12.0. The molecule has 2 aliphatic heterocycles. The van der Waals surface area contributed by atoms with Crippen LogP contribution in [0.25, 0.3) is 0 Å². The highest BCUT2D eigenvalue weighted by Gasteiger charge is 2.42. The van der Waals surface area contributed by atoms with Gasteiger partial charge >= 0.3 is 0 Å². The number of carbonyl (C=O) groups excluding carboxylic acids is 2. The number of hydrogen-bond donors (Lipinski definition) is 1. The van der Waals surface area contributed by atoms with Gasteiger partial charge in [-0.1, -0.05) is 24.3 Å². The van der Waals surface area contributed by atoms with Gasteiger partial charge in [-0.25, -0.2) is 4.39 Å². The molecule has 2 saturated heterocycles. The minimum Gasteiger partial charge on any atom is -0.366 e. The van der Waals surface area contributed by atoms with Gasteiger partial charge in [-0.15, -0.1) is 0 Å². The molecule has 30 heavy (non-hydrogen) atoms. The highest BCUT2D eigenvalue weighted by atomic mass is 19.1. The van der Waals surface area contributed by atoms with E-state index in [9.17, 15) is 14.0 Å². The van der Waals surface area contributed by atoms with Gasteiger partial charge < -0.3 is 15.5 Å². The molecule has 0 spiro atoms. The fourth-order valence-electron chi connectivity index (χ4n) is 4.95. The van der Waals surface area contributed by atoms with E-state index in [1.807, 2.05) is 24.0 Å². The lowest BCUT2D eigenvalue weighted by Gasteiger charge is -2.23. The standard InChI is InChI=1S/C24H28FN3O2/c1-16-5-2-9-21(23(26)29)22(16)24(30)28-14-18-12-27(13-19(18)15-28)10-4-7-17-6-3-8-20(25)11-17/h2-3,5-6,8-9,11,18-19H,4,7,10,12-15H2,1H3,(H2,26,29)/t18-,19?/m0/s1. The van der Waals surface area contributed by atoms with E-state index < -0.39 is 5.91 Å². The maximum atomic E-state index is 13.3. The van der Waals surface area contributed by atoms with Crippen LogP contribution in [0, 0.1) is 24.6 Å². The Bertz CT molecular complexity index is 947. The first-order valence-corrected chi connectivity index (χ1v) is 10.6. The van der Waals surface area contributed by atoms with Crippen LogP contribution in [-0.4, -0.2) is 54.3 Å². The molecule has 6 heteroatoms. The van der Waals surface area contributed by atoms with Gasteiger partial charge in [-0.2, -0.15) is 0 Å². The molecule has 2 aliphatic rings. The summed E-state index contributed by atoms with van der Waals surface area (Å²) >= 11 is 0. The Kier molecular flexibility index (Phi) is 5.86. The number of nitrogens with two attached hydrogens (primary N) is 1. The molecule has 0 aliphatic carbocycles. The van der Waals surface area contributed by atoms with Gasteiger partial charge in [0, 0.05) is 26.2 Å². The van der Waals surface area contributed by atoms with E-state index in [-0.39, 0.29) is 11.7 Å². The van der Waals surface area contributed by atoms with Crippen molar-refractivity contribution in [2.24, 2.45) is 17.6 Å². The summed E-state index contributed by atoms with van der Waals surface area (Å²) in [5.41, 5.74) is 8.05. The van der Waals surface area contributed by atoms with Crippen LogP contribution in [0.4, 0.5) is 4.39 Å². The summed E-state index contributed by atoms with van der Waals surface area (Å²) < 4.78 is 13.3. The van der Waals surface area contributed by atoms with Crippen LogP contribution in [-0.2, 0) is 6.42 Å².